The quantitative estimate of drug-likeness (QED) is 0.941. The summed E-state index contributed by atoms with van der Waals surface area (Å²) in [6.45, 7) is 6.10. The summed E-state index contributed by atoms with van der Waals surface area (Å²) in [4.78, 5) is 6.79. The summed E-state index contributed by atoms with van der Waals surface area (Å²) in [6.07, 6.45) is 3.81. The molecule has 1 saturated heterocycles. The summed E-state index contributed by atoms with van der Waals surface area (Å²) in [5.74, 6) is 0.952. The molecule has 1 aromatic carbocycles. The fourth-order valence-electron chi connectivity index (χ4n) is 3.11. The van der Waals surface area contributed by atoms with Crippen LogP contribution >= 0.6 is 0 Å². The molecule has 1 aliphatic heterocycles. The van der Waals surface area contributed by atoms with Gasteiger partial charge in [0.2, 0.25) is 0 Å². The first-order valence-corrected chi connectivity index (χ1v) is 7.76. The summed E-state index contributed by atoms with van der Waals surface area (Å²) >= 11 is 0. The average molecular weight is 297 g/mol. The normalized spacial score (nSPS) is 19.1. The summed E-state index contributed by atoms with van der Waals surface area (Å²) in [6, 6.07) is 11.0. The van der Waals surface area contributed by atoms with Crippen molar-refractivity contribution in [1.29, 1.82) is 0 Å². The Morgan fingerprint density at radius 1 is 1.36 bits per heavy atom. The van der Waals surface area contributed by atoms with E-state index in [-0.39, 0.29) is 0 Å². The molecule has 3 rings (SSSR count). The second kappa shape index (κ2) is 6.90. The van der Waals surface area contributed by atoms with Crippen LogP contribution in [0.5, 0.6) is 5.75 Å². The Hall–Kier alpha value is -1.91. The van der Waals surface area contributed by atoms with Crippen LogP contribution in [-0.4, -0.2) is 36.6 Å². The molecule has 2 aromatic rings. The van der Waals surface area contributed by atoms with Crippen molar-refractivity contribution in [2.75, 3.05) is 26.7 Å². The van der Waals surface area contributed by atoms with Crippen molar-refractivity contribution in [1.82, 2.24) is 15.2 Å². The first-order valence-electron chi connectivity index (χ1n) is 7.76. The van der Waals surface area contributed by atoms with E-state index < -0.39 is 0 Å². The maximum atomic E-state index is 5.35. The smallest absolute Gasteiger partial charge is 0.121 e. The third-order valence-electron chi connectivity index (χ3n) is 4.27. The van der Waals surface area contributed by atoms with E-state index in [0.29, 0.717) is 6.04 Å². The van der Waals surface area contributed by atoms with Crippen molar-refractivity contribution >= 4 is 0 Å². The second-order valence-corrected chi connectivity index (χ2v) is 5.78. The topological polar surface area (TPSA) is 37.4 Å². The molecular weight excluding hydrogens is 274 g/mol. The summed E-state index contributed by atoms with van der Waals surface area (Å²) in [5, 5.41) is 3.49. The minimum atomic E-state index is 0.379. The van der Waals surface area contributed by atoms with Gasteiger partial charge in [0.15, 0.2) is 0 Å². The van der Waals surface area contributed by atoms with Gasteiger partial charge in [-0.15, -0.1) is 0 Å². The van der Waals surface area contributed by atoms with Crippen LogP contribution in [0.15, 0.2) is 42.7 Å². The maximum Gasteiger partial charge on any atom is 0.121 e. The Balaban J connectivity index is 1.78. The Morgan fingerprint density at radius 2 is 2.27 bits per heavy atom. The Kier molecular flexibility index (Phi) is 4.71. The van der Waals surface area contributed by atoms with Gasteiger partial charge in [0.1, 0.15) is 5.75 Å². The van der Waals surface area contributed by atoms with Gasteiger partial charge in [-0.1, -0.05) is 18.2 Å². The third kappa shape index (κ3) is 3.29. The van der Waals surface area contributed by atoms with Crippen molar-refractivity contribution < 1.29 is 4.74 Å². The molecule has 1 unspecified atom stereocenters. The largest absolute Gasteiger partial charge is 0.496 e. The number of nitrogens with zero attached hydrogens (tertiary/aromatic N) is 2. The lowest BCUT2D eigenvalue weighted by Gasteiger charge is -2.36. The fraction of sp³-hybridized carbons (Fsp3) is 0.389. The first-order chi connectivity index (χ1) is 10.8. The van der Waals surface area contributed by atoms with Gasteiger partial charge >= 0.3 is 0 Å². The summed E-state index contributed by atoms with van der Waals surface area (Å²) in [7, 11) is 1.72. The van der Waals surface area contributed by atoms with E-state index in [1.165, 1.54) is 16.7 Å². The van der Waals surface area contributed by atoms with Crippen molar-refractivity contribution in [3.8, 4) is 5.75 Å². The number of hydrogen-bond donors (Lipinski definition) is 1. The minimum Gasteiger partial charge on any atom is -0.496 e. The highest BCUT2D eigenvalue weighted by atomic mass is 16.5. The van der Waals surface area contributed by atoms with Crippen LogP contribution in [0.4, 0.5) is 0 Å². The van der Waals surface area contributed by atoms with Crippen LogP contribution in [0.3, 0.4) is 0 Å². The van der Waals surface area contributed by atoms with E-state index >= 15 is 0 Å². The minimum absolute atomic E-state index is 0.379. The zero-order chi connectivity index (χ0) is 15.4. The molecule has 0 aliphatic carbocycles. The maximum absolute atomic E-state index is 5.35. The van der Waals surface area contributed by atoms with Crippen LogP contribution in [0.1, 0.15) is 22.7 Å². The van der Waals surface area contributed by atoms with Crippen LogP contribution in [0.2, 0.25) is 0 Å². The molecule has 0 saturated carbocycles. The Labute approximate surface area is 132 Å². The SMILES string of the molecule is COc1ccc(CN2CCNCC2c2cccnc2)cc1C. The van der Waals surface area contributed by atoms with Gasteiger partial charge in [0.05, 0.1) is 7.11 Å². The molecule has 1 fully saturated rings. The van der Waals surface area contributed by atoms with Gasteiger partial charge < -0.3 is 10.1 Å². The van der Waals surface area contributed by atoms with Crippen LogP contribution in [-0.2, 0) is 6.54 Å². The highest BCUT2D eigenvalue weighted by Gasteiger charge is 2.23. The molecule has 4 heteroatoms. The average Bonchev–Trinajstić information content (AvgIpc) is 2.56. The lowest BCUT2D eigenvalue weighted by Crippen LogP contribution is -2.45. The van der Waals surface area contributed by atoms with E-state index in [1.807, 2.05) is 18.5 Å². The molecule has 1 aliphatic rings. The number of ether oxygens (including phenoxy) is 1. The monoisotopic (exact) mass is 297 g/mol. The van der Waals surface area contributed by atoms with E-state index in [2.05, 4.69) is 46.4 Å². The number of rotatable bonds is 4. The highest BCUT2D eigenvalue weighted by molar-refractivity contribution is 5.36. The van der Waals surface area contributed by atoms with Gasteiger partial charge in [-0.2, -0.15) is 0 Å². The number of hydrogen-bond acceptors (Lipinski definition) is 4. The zero-order valence-corrected chi connectivity index (χ0v) is 13.2. The molecule has 116 valence electrons. The Morgan fingerprint density at radius 3 is 3.00 bits per heavy atom. The molecule has 4 nitrogen and oxygen atoms in total. The number of piperazine rings is 1. The predicted molar refractivity (Wildman–Crippen MR) is 88.0 cm³/mol. The van der Waals surface area contributed by atoms with Gasteiger partial charge in [-0.05, 0) is 35.7 Å². The lowest BCUT2D eigenvalue weighted by atomic mass is 10.0. The number of aromatic nitrogens is 1. The van der Waals surface area contributed by atoms with Crippen LogP contribution < -0.4 is 10.1 Å². The molecule has 1 N–H and O–H groups in total. The molecule has 22 heavy (non-hydrogen) atoms. The van der Waals surface area contributed by atoms with Crippen molar-refractivity contribution in [3.63, 3.8) is 0 Å². The summed E-state index contributed by atoms with van der Waals surface area (Å²) < 4.78 is 5.35. The molecule has 0 bridgehead atoms. The molecule has 1 atom stereocenters. The number of methoxy groups -OCH3 is 1. The number of benzene rings is 1. The van der Waals surface area contributed by atoms with Crippen molar-refractivity contribution in [3.05, 3.63) is 59.4 Å². The lowest BCUT2D eigenvalue weighted by molar-refractivity contribution is 0.153. The number of aryl methyl sites for hydroxylation is 1. The fourth-order valence-corrected chi connectivity index (χ4v) is 3.11. The number of pyridine rings is 1. The third-order valence-corrected chi connectivity index (χ3v) is 4.27. The van der Waals surface area contributed by atoms with E-state index in [9.17, 15) is 0 Å². The predicted octanol–water partition coefficient (Wildman–Crippen LogP) is 2.55. The van der Waals surface area contributed by atoms with Crippen LogP contribution in [0.25, 0.3) is 0 Å². The first kappa shape index (κ1) is 15.0. The van der Waals surface area contributed by atoms with Gasteiger partial charge in [-0.25, -0.2) is 0 Å². The zero-order valence-electron chi connectivity index (χ0n) is 13.2. The molecule has 0 amide bonds. The van der Waals surface area contributed by atoms with E-state index in [0.717, 1.165) is 31.9 Å². The van der Waals surface area contributed by atoms with Gasteiger partial charge in [-0.3, -0.25) is 9.88 Å². The van der Waals surface area contributed by atoms with E-state index in [1.54, 1.807) is 7.11 Å². The molecular formula is C18H23N3O. The van der Waals surface area contributed by atoms with Gasteiger partial charge in [0, 0.05) is 44.6 Å². The standard InChI is InChI=1S/C18H23N3O/c1-14-10-15(5-6-18(14)22-2)13-21-9-8-20-12-17(21)16-4-3-7-19-11-16/h3-7,10-11,17,20H,8-9,12-13H2,1-2H3. The second-order valence-electron chi connectivity index (χ2n) is 5.78. The Bertz CT molecular complexity index is 615. The molecule has 1 aromatic heterocycles. The van der Waals surface area contributed by atoms with Gasteiger partial charge in [0.25, 0.3) is 0 Å². The summed E-state index contributed by atoms with van der Waals surface area (Å²) in [5.41, 5.74) is 3.79. The molecule has 0 radical (unpaired) electrons. The van der Waals surface area contributed by atoms with Crippen molar-refractivity contribution in [2.45, 2.75) is 19.5 Å². The molecule has 0 spiro atoms. The molecule has 2 heterocycles. The van der Waals surface area contributed by atoms with Crippen molar-refractivity contribution in [2.24, 2.45) is 0 Å². The van der Waals surface area contributed by atoms with Crippen LogP contribution in [0, 0.1) is 6.92 Å². The highest BCUT2D eigenvalue weighted by Crippen LogP contribution is 2.25. The number of nitrogens with one attached hydrogen (secondary N) is 1. The van der Waals surface area contributed by atoms with E-state index in [4.69, 9.17) is 4.74 Å².